The summed E-state index contributed by atoms with van der Waals surface area (Å²) in [6.45, 7) is 2.42. The van der Waals surface area contributed by atoms with Crippen molar-refractivity contribution >= 4 is 11.9 Å². The number of aliphatic carboxylic acids is 1. The van der Waals surface area contributed by atoms with Crippen LogP contribution in [-0.2, 0) is 22.6 Å². The fourth-order valence-corrected chi connectivity index (χ4v) is 2.62. The number of fused-ring (bicyclic) bond motifs is 1. The number of benzene rings is 1. The quantitative estimate of drug-likeness (QED) is 0.859. The minimum atomic E-state index is -0.789. The zero-order valence-corrected chi connectivity index (χ0v) is 12.4. The number of carboxylic acids is 1. The van der Waals surface area contributed by atoms with Gasteiger partial charge in [-0.25, -0.2) is 0 Å². The summed E-state index contributed by atoms with van der Waals surface area (Å²) < 4.78 is 0. The molecule has 21 heavy (non-hydrogen) atoms. The van der Waals surface area contributed by atoms with Gasteiger partial charge in [-0.3, -0.25) is 14.5 Å². The van der Waals surface area contributed by atoms with Crippen molar-refractivity contribution in [2.45, 2.75) is 25.8 Å². The lowest BCUT2D eigenvalue weighted by molar-refractivity contribution is -0.137. The van der Waals surface area contributed by atoms with Crippen LogP contribution in [0.3, 0.4) is 0 Å². The van der Waals surface area contributed by atoms with Gasteiger partial charge in [-0.05, 0) is 37.6 Å². The molecule has 0 fully saturated rings. The van der Waals surface area contributed by atoms with Crippen molar-refractivity contribution in [2.75, 3.05) is 26.7 Å². The largest absolute Gasteiger partial charge is 0.481 e. The first kappa shape index (κ1) is 15.5. The van der Waals surface area contributed by atoms with Crippen molar-refractivity contribution in [3.8, 4) is 0 Å². The third-order valence-electron chi connectivity index (χ3n) is 3.82. The molecule has 2 rings (SSSR count). The number of hydrogen-bond acceptors (Lipinski definition) is 3. The van der Waals surface area contributed by atoms with Gasteiger partial charge in [-0.1, -0.05) is 24.3 Å². The molecule has 1 aliphatic rings. The molecule has 0 saturated heterocycles. The molecule has 114 valence electrons. The van der Waals surface area contributed by atoms with Crippen LogP contribution in [0.5, 0.6) is 0 Å². The molecular formula is C16H22N2O3. The summed E-state index contributed by atoms with van der Waals surface area (Å²) in [5.74, 6) is -0.676. The lowest BCUT2D eigenvalue weighted by Crippen LogP contribution is -2.41. The van der Waals surface area contributed by atoms with Crippen molar-refractivity contribution in [2.24, 2.45) is 0 Å². The van der Waals surface area contributed by atoms with Gasteiger partial charge in [0.1, 0.15) is 0 Å². The average molecular weight is 290 g/mol. The van der Waals surface area contributed by atoms with E-state index in [9.17, 15) is 9.59 Å². The maximum atomic E-state index is 12.3. The minimum Gasteiger partial charge on any atom is -0.481 e. The third kappa shape index (κ3) is 4.56. The van der Waals surface area contributed by atoms with Crippen molar-refractivity contribution in [3.63, 3.8) is 0 Å². The molecule has 1 amide bonds. The van der Waals surface area contributed by atoms with Gasteiger partial charge >= 0.3 is 5.97 Å². The normalized spacial score (nSPS) is 14.1. The minimum absolute atomic E-state index is 0.113. The van der Waals surface area contributed by atoms with Crippen molar-refractivity contribution in [3.05, 3.63) is 35.4 Å². The van der Waals surface area contributed by atoms with Gasteiger partial charge in [0.2, 0.25) is 5.91 Å². The van der Waals surface area contributed by atoms with E-state index in [2.05, 4.69) is 12.1 Å². The standard InChI is InChI=1S/C16H22N2O3/c1-17(9-4-7-16(20)21)12-15(19)18-10-8-13-5-2-3-6-14(13)11-18/h2-3,5-6H,4,7-12H2,1H3,(H,20,21). The SMILES string of the molecule is CN(CCCC(=O)O)CC(=O)N1CCc2ccccc2C1. The topological polar surface area (TPSA) is 60.9 Å². The second-order valence-electron chi connectivity index (χ2n) is 5.57. The fourth-order valence-electron chi connectivity index (χ4n) is 2.62. The highest BCUT2D eigenvalue weighted by atomic mass is 16.4. The molecule has 5 heteroatoms. The number of carbonyl (C=O) groups is 2. The van der Waals surface area contributed by atoms with E-state index in [1.165, 1.54) is 11.1 Å². The van der Waals surface area contributed by atoms with Crippen LogP contribution < -0.4 is 0 Å². The number of rotatable bonds is 6. The first-order valence-electron chi connectivity index (χ1n) is 7.31. The molecule has 0 radical (unpaired) electrons. The van der Waals surface area contributed by atoms with Gasteiger partial charge in [0.25, 0.3) is 0 Å². The molecule has 0 aliphatic carbocycles. The smallest absolute Gasteiger partial charge is 0.303 e. The Morgan fingerprint density at radius 1 is 1.29 bits per heavy atom. The van der Waals surface area contributed by atoms with Crippen molar-refractivity contribution in [1.29, 1.82) is 0 Å². The van der Waals surface area contributed by atoms with Gasteiger partial charge < -0.3 is 10.0 Å². The number of hydrogen-bond donors (Lipinski definition) is 1. The van der Waals surface area contributed by atoms with Crippen LogP contribution in [0, 0.1) is 0 Å². The monoisotopic (exact) mass is 290 g/mol. The molecule has 1 heterocycles. The summed E-state index contributed by atoms with van der Waals surface area (Å²) in [6.07, 6.45) is 1.63. The predicted molar refractivity (Wildman–Crippen MR) is 79.9 cm³/mol. The van der Waals surface area contributed by atoms with Gasteiger partial charge in [0.15, 0.2) is 0 Å². The van der Waals surface area contributed by atoms with E-state index in [1.54, 1.807) is 0 Å². The zero-order chi connectivity index (χ0) is 15.2. The maximum absolute atomic E-state index is 12.3. The number of carbonyl (C=O) groups excluding carboxylic acids is 1. The molecule has 0 saturated carbocycles. The first-order chi connectivity index (χ1) is 10.1. The van der Waals surface area contributed by atoms with E-state index in [0.29, 0.717) is 26.1 Å². The van der Waals surface area contributed by atoms with Crippen LogP contribution in [0.2, 0.25) is 0 Å². The van der Waals surface area contributed by atoms with Gasteiger partial charge in [0.05, 0.1) is 6.54 Å². The Kier molecular flexibility index (Phi) is 5.33. The van der Waals surface area contributed by atoms with Crippen LogP contribution in [0.15, 0.2) is 24.3 Å². The highest BCUT2D eigenvalue weighted by Crippen LogP contribution is 2.18. The molecule has 1 aromatic carbocycles. The van der Waals surface area contributed by atoms with E-state index in [0.717, 1.165) is 13.0 Å². The Labute approximate surface area is 125 Å². The van der Waals surface area contributed by atoms with Crippen molar-refractivity contribution < 1.29 is 14.7 Å². The van der Waals surface area contributed by atoms with Gasteiger partial charge in [-0.15, -0.1) is 0 Å². The molecule has 0 unspecified atom stereocenters. The summed E-state index contributed by atoms with van der Waals surface area (Å²) >= 11 is 0. The highest BCUT2D eigenvalue weighted by Gasteiger charge is 2.21. The van der Waals surface area contributed by atoms with Gasteiger partial charge in [-0.2, -0.15) is 0 Å². The summed E-state index contributed by atoms with van der Waals surface area (Å²) in [6, 6.07) is 8.23. The van der Waals surface area contributed by atoms with Crippen LogP contribution in [0.25, 0.3) is 0 Å². The third-order valence-corrected chi connectivity index (χ3v) is 3.82. The van der Waals surface area contributed by atoms with E-state index in [-0.39, 0.29) is 12.3 Å². The predicted octanol–water partition coefficient (Wildman–Crippen LogP) is 1.37. The Hall–Kier alpha value is -1.88. The van der Waals surface area contributed by atoms with Crippen molar-refractivity contribution in [1.82, 2.24) is 9.80 Å². The van der Waals surface area contributed by atoms with Crippen LogP contribution in [0.4, 0.5) is 0 Å². The van der Waals surface area contributed by atoms with E-state index in [1.807, 2.05) is 29.0 Å². The Bertz CT molecular complexity index is 516. The molecule has 0 bridgehead atoms. The molecule has 1 N–H and O–H groups in total. The molecule has 0 aromatic heterocycles. The number of nitrogens with zero attached hydrogens (tertiary/aromatic N) is 2. The summed E-state index contributed by atoms with van der Waals surface area (Å²) in [7, 11) is 1.86. The second kappa shape index (κ2) is 7.22. The second-order valence-corrected chi connectivity index (χ2v) is 5.57. The Morgan fingerprint density at radius 3 is 2.71 bits per heavy atom. The summed E-state index contributed by atoms with van der Waals surface area (Å²) in [5.41, 5.74) is 2.56. The summed E-state index contributed by atoms with van der Waals surface area (Å²) in [5, 5.41) is 8.61. The van der Waals surface area contributed by atoms with Crippen LogP contribution in [0.1, 0.15) is 24.0 Å². The number of carboxylic acid groups (broad SMARTS) is 1. The maximum Gasteiger partial charge on any atom is 0.303 e. The Balaban J connectivity index is 1.80. The van der Waals surface area contributed by atoms with Crippen LogP contribution >= 0.6 is 0 Å². The molecule has 1 aromatic rings. The molecular weight excluding hydrogens is 268 g/mol. The molecule has 5 nitrogen and oxygen atoms in total. The fraction of sp³-hybridized carbons (Fsp3) is 0.500. The van der Waals surface area contributed by atoms with Gasteiger partial charge in [0, 0.05) is 19.5 Å². The number of likely N-dealkylation sites (N-methyl/N-ethyl adjacent to an activating group) is 1. The highest BCUT2D eigenvalue weighted by molar-refractivity contribution is 5.78. The molecule has 0 spiro atoms. The van der Waals surface area contributed by atoms with Crippen LogP contribution in [-0.4, -0.2) is 53.5 Å². The van der Waals surface area contributed by atoms with E-state index in [4.69, 9.17) is 5.11 Å². The Morgan fingerprint density at radius 2 is 2.00 bits per heavy atom. The van der Waals surface area contributed by atoms with E-state index < -0.39 is 5.97 Å². The lowest BCUT2D eigenvalue weighted by atomic mass is 10.00. The average Bonchev–Trinajstić information content (AvgIpc) is 2.46. The summed E-state index contributed by atoms with van der Waals surface area (Å²) in [4.78, 5) is 26.5. The lowest BCUT2D eigenvalue weighted by Gasteiger charge is -2.30. The zero-order valence-electron chi connectivity index (χ0n) is 12.4. The molecule has 1 aliphatic heterocycles. The number of amides is 1. The first-order valence-corrected chi connectivity index (χ1v) is 7.31. The molecule has 0 atom stereocenters. The van der Waals surface area contributed by atoms with E-state index >= 15 is 0 Å².